The summed E-state index contributed by atoms with van der Waals surface area (Å²) in [6.45, 7) is 1.22. The Hall–Kier alpha value is -4.55. The fourth-order valence-electron chi connectivity index (χ4n) is 4.66. The highest BCUT2D eigenvalue weighted by atomic mass is 19.4. The third kappa shape index (κ3) is 4.99. The number of guanidine groups is 1. The summed E-state index contributed by atoms with van der Waals surface area (Å²) in [5.41, 5.74) is 0.229. The van der Waals surface area contributed by atoms with Crippen molar-refractivity contribution in [3.63, 3.8) is 0 Å². The van der Waals surface area contributed by atoms with Crippen LogP contribution >= 0.6 is 0 Å². The third-order valence-electron chi connectivity index (χ3n) is 6.53. The lowest BCUT2D eigenvalue weighted by Crippen LogP contribution is -2.47. The Kier molecular flexibility index (Phi) is 6.89. The number of ether oxygens (including phenoxy) is 2. The number of carbonyl (C=O) groups excluding carboxylic acids is 2. The minimum Gasteiger partial charge on any atom is -0.497 e. The maximum Gasteiger partial charge on any atom is 0.435 e. The van der Waals surface area contributed by atoms with Gasteiger partial charge in [-0.3, -0.25) is 15.1 Å². The lowest BCUT2D eigenvalue weighted by Gasteiger charge is -2.30. The highest BCUT2D eigenvalue weighted by molar-refractivity contribution is 6.08. The predicted molar refractivity (Wildman–Crippen MR) is 137 cm³/mol. The van der Waals surface area contributed by atoms with E-state index >= 15 is 0 Å². The second-order valence-electron chi connectivity index (χ2n) is 8.83. The number of carbonyl (C=O) groups is 2. The highest BCUT2D eigenvalue weighted by Crippen LogP contribution is 2.37. The number of rotatable bonds is 4. The van der Waals surface area contributed by atoms with E-state index in [1.165, 1.54) is 19.1 Å². The van der Waals surface area contributed by atoms with Crippen LogP contribution in [0.15, 0.2) is 53.5 Å². The summed E-state index contributed by atoms with van der Waals surface area (Å²) in [5, 5.41) is 6.42. The normalized spacial score (nSPS) is 15.5. The van der Waals surface area contributed by atoms with Gasteiger partial charge < -0.3 is 19.3 Å². The van der Waals surface area contributed by atoms with Crippen LogP contribution in [0.5, 0.6) is 5.75 Å². The topological polar surface area (TPSA) is 101 Å². The van der Waals surface area contributed by atoms with Crippen LogP contribution in [0.2, 0.25) is 0 Å². The average molecular weight is 543 g/mol. The maximum absolute atomic E-state index is 13.9. The van der Waals surface area contributed by atoms with Crippen molar-refractivity contribution < 1.29 is 32.2 Å². The van der Waals surface area contributed by atoms with Crippen LogP contribution in [0.25, 0.3) is 5.69 Å². The zero-order chi connectivity index (χ0) is 27.7. The predicted octanol–water partition coefficient (Wildman–Crippen LogP) is 4.02. The van der Waals surface area contributed by atoms with Gasteiger partial charge in [-0.15, -0.1) is 0 Å². The summed E-state index contributed by atoms with van der Waals surface area (Å²) < 4.78 is 52.4. The van der Waals surface area contributed by atoms with Gasteiger partial charge in [0.15, 0.2) is 5.69 Å². The summed E-state index contributed by atoms with van der Waals surface area (Å²) in [5.74, 6) is 0.283. The number of hydrogen-bond donors (Lipinski definition) is 1. The smallest absolute Gasteiger partial charge is 0.435 e. The minimum absolute atomic E-state index is 0.0141. The molecular weight excluding hydrogens is 517 g/mol. The van der Waals surface area contributed by atoms with E-state index in [1.54, 1.807) is 48.5 Å². The number of aromatic nitrogens is 2. The summed E-state index contributed by atoms with van der Waals surface area (Å²) in [6.07, 6.45) is -4.59. The van der Waals surface area contributed by atoms with E-state index in [0.29, 0.717) is 36.2 Å². The Labute approximate surface area is 221 Å². The third-order valence-corrected chi connectivity index (χ3v) is 6.53. The molecule has 0 fully saturated rings. The van der Waals surface area contributed by atoms with Crippen molar-refractivity contribution in [1.29, 1.82) is 0 Å². The number of aliphatic imine (C=N–C) groups is 1. The second kappa shape index (κ2) is 10.3. The Morgan fingerprint density at radius 3 is 2.21 bits per heavy atom. The molecule has 39 heavy (non-hydrogen) atoms. The maximum atomic E-state index is 13.9. The number of anilines is 2. The number of alkyl carbamates (subject to hydrolysis) is 1. The van der Waals surface area contributed by atoms with Crippen molar-refractivity contribution in [2.75, 3.05) is 43.7 Å². The highest BCUT2D eigenvalue weighted by Gasteiger charge is 2.43. The molecule has 13 heteroatoms. The zero-order valence-electron chi connectivity index (χ0n) is 21.2. The number of nitrogens with zero attached hydrogens (tertiary/aromatic N) is 5. The first-order valence-electron chi connectivity index (χ1n) is 12.1. The number of nitrogens with one attached hydrogen (secondary N) is 1. The van der Waals surface area contributed by atoms with E-state index in [1.807, 2.05) is 4.90 Å². The Morgan fingerprint density at radius 2 is 1.59 bits per heavy atom. The standard InChI is InChI=1S/C26H25F3N6O4/c1-38-19-10-8-18(9-11-19)35-21-20(22(32-35)26(27,28)29)12-15-33(23(21)36)16-4-6-17(7-5-16)34-14-3-13-30-24(34)31-25(37)39-2/h4-11H,3,12-15H2,1-2H3,(H,30,31,37). The van der Waals surface area contributed by atoms with Crippen molar-refractivity contribution in [1.82, 2.24) is 15.1 Å². The molecule has 2 amide bonds. The average Bonchev–Trinajstić information content (AvgIpc) is 3.35. The van der Waals surface area contributed by atoms with E-state index in [9.17, 15) is 22.8 Å². The lowest BCUT2D eigenvalue weighted by atomic mass is 10.0. The van der Waals surface area contributed by atoms with Crippen molar-refractivity contribution in [2.24, 2.45) is 4.99 Å². The van der Waals surface area contributed by atoms with Crippen LogP contribution in [0, 0.1) is 0 Å². The van der Waals surface area contributed by atoms with Gasteiger partial charge in [-0.2, -0.15) is 18.3 Å². The fraction of sp³-hybridized carbons (Fsp3) is 0.308. The first-order chi connectivity index (χ1) is 18.7. The summed E-state index contributed by atoms with van der Waals surface area (Å²) in [7, 11) is 2.74. The molecule has 0 spiro atoms. The largest absolute Gasteiger partial charge is 0.497 e. The molecule has 2 aliphatic heterocycles. The van der Waals surface area contributed by atoms with Gasteiger partial charge in [-0.05, 0) is 61.4 Å². The second-order valence-corrected chi connectivity index (χ2v) is 8.83. The molecule has 0 saturated heterocycles. The zero-order valence-corrected chi connectivity index (χ0v) is 21.2. The van der Waals surface area contributed by atoms with Gasteiger partial charge in [-0.1, -0.05) is 0 Å². The van der Waals surface area contributed by atoms with Crippen LogP contribution in [0.4, 0.5) is 29.3 Å². The fourth-order valence-corrected chi connectivity index (χ4v) is 4.66. The van der Waals surface area contributed by atoms with E-state index < -0.39 is 23.9 Å². The molecule has 10 nitrogen and oxygen atoms in total. The number of benzene rings is 2. The molecule has 2 aliphatic rings. The number of amides is 2. The van der Waals surface area contributed by atoms with E-state index in [2.05, 4.69) is 20.1 Å². The van der Waals surface area contributed by atoms with Gasteiger partial charge in [-0.25, -0.2) is 9.48 Å². The van der Waals surface area contributed by atoms with E-state index in [4.69, 9.17) is 4.74 Å². The van der Waals surface area contributed by atoms with Crippen molar-refractivity contribution in [3.8, 4) is 11.4 Å². The molecule has 0 atom stereocenters. The van der Waals surface area contributed by atoms with Crippen molar-refractivity contribution in [3.05, 3.63) is 65.5 Å². The number of hydrogen-bond acceptors (Lipinski definition) is 7. The van der Waals surface area contributed by atoms with Gasteiger partial charge in [0.05, 0.1) is 19.9 Å². The van der Waals surface area contributed by atoms with Gasteiger partial charge in [0.2, 0.25) is 5.96 Å². The number of halogens is 3. The summed E-state index contributed by atoms with van der Waals surface area (Å²) >= 11 is 0. The molecule has 0 bridgehead atoms. The van der Waals surface area contributed by atoms with E-state index in [-0.39, 0.29) is 24.2 Å². The molecule has 0 unspecified atom stereocenters. The molecule has 204 valence electrons. The van der Waals surface area contributed by atoms with Gasteiger partial charge >= 0.3 is 12.3 Å². The lowest BCUT2D eigenvalue weighted by molar-refractivity contribution is -0.141. The first kappa shape index (κ1) is 26.1. The number of fused-ring (bicyclic) bond motifs is 1. The monoisotopic (exact) mass is 542 g/mol. The molecular formula is C26H25F3N6O4. The van der Waals surface area contributed by atoms with Gasteiger partial charge in [0, 0.05) is 36.6 Å². The minimum atomic E-state index is -4.71. The molecule has 5 rings (SSSR count). The number of methoxy groups -OCH3 is 2. The van der Waals surface area contributed by atoms with Crippen molar-refractivity contribution >= 4 is 29.3 Å². The Balaban J connectivity index is 1.46. The van der Waals surface area contributed by atoms with Crippen LogP contribution in [0.1, 0.15) is 28.2 Å². The molecule has 3 aromatic rings. The summed E-state index contributed by atoms with van der Waals surface area (Å²) in [4.78, 5) is 33.0. The molecule has 0 radical (unpaired) electrons. The van der Waals surface area contributed by atoms with Crippen LogP contribution in [-0.2, 0) is 17.3 Å². The number of alkyl halides is 3. The van der Waals surface area contributed by atoms with Crippen LogP contribution < -0.4 is 19.9 Å². The van der Waals surface area contributed by atoms with Gasteiger partial charge in [0.1, 0.15) is 11.4 Å². The van der Waals surface area contributed by atoms with Crippen LogP contribution in [0.3, 0.4) is 0 Å². The molecule has 3 heterocycles. The molecule has 0 saturated carbocycles. The summed E-state index contributed by atoms with van der Waals surface area (Å²) in [6, 6.07) is 13.2. The molecule has 1 aromatic heterocycles. The van der Waals surface area contributed by atoms with Crippen LogP contribution in [-0.4, -0.2) is 61.6 Å². The SMILES string of the molecule is COC(=O)NC1=NCCCN1c1ccc(N2CCc3c(C(F)(F)F)nn(-c4ccc(OC)cc4)c3C2=O)cc1. The van der Waals surface area contributed by atoms with Crippen molar-refractivity contribution in [2.45, 2.75) is 19.0 Å². The van der Waals surface area contributed by atoms with Gasteiger partial charge in [0.25, 0.3) is 5.91 Å². The Bertz CT molecular complexity index is 1420. The van der Waals surface area contributed by atoms with E-state index in [0.717, 1.165) is 16.8 Å². The molecule has 1 N–H and O–H groups in total. The Morgan fingerprint density at radius 1 is 0.949 bits per heavy atom. The quantitative estimate of drug-likeness (QED) is 0.535. The molecule has 0 aliphatic carbocycles. The first-order valence-corrected chi connectivity index (χ1v) is 12.1. The molecule has 2 aromatic carbocycles.